The second-order valence-corrected chi connectivity index (χ2v) is 4.23. The maximum atomic E-state index is 9.53. The smallest absolute Gasteiger partial charge is 0.160 e. The fraction of sp³-hybridized carbons (Fsp3) is 0.200. The largest absolute Gasteiger partial charge is 0.504 e. The zero-order valence-electron chi connectivity index (χ0n) is 10.3. The summed E-state index contributed by atoms with van der Waals surface area (Å²) in [7, 11) is 1.54. The second-order valence-electron chi connectivity index (χ2n) is 4.23. The van der Waals surface area contributed by atoms with Crippen LogP contribution in [0, 0.1) is 0 Å². The Bertz CT molecular complexity index is 511. The van der Waals surface area contributed by atoms with Crippen molar-refractivity contribution in [2.45, 2.75) is 12.5 Å². The van der Waals surface area contributed by atoms with Crippen LogP contribution in [-0.4, -0.2) is 12.2 Å². The minimum absolute atomic E-state index is 0.0551. The molecule has 1 atom stereocenters. The molecule has 0 radical (unpaired) electrons. The Morgan fingerprint density at radius 3 is 2.56 bits per heavy atom. The van der Waals surface area contributed by atoms with Crippen LogP contribution in [0.25, 0.3) is 0 Å². The third-order valence-electron chi connectivity index (χ3n) is 2.93. The maximum Gasteiger partial charge on any atom is 0.160 e. The van der Waals surface area contributed by atoms with Crippen molar-refractivity contribution in [1.29, 1.82) is 0 Å². The number of phenols is 1. The number of nitrogens with two attached hydrogens (primary N) is 1. The Morgan fingerprint density at radius 2 is 1.89 bits per heavy atom. The highest BCUT2D eigenvalue weighted by Crippen LogP contribution is 2.28. The fourth-order valence-corrected chi connectivity index (χ4v) is 1.92. The average molecular weight is 243 g/mol. The summed E-state index contributed by atoms with van der Waals surface area (Å²) in [4.78, 5) is 0. The zero-order chi connectivity index (χ0) is 13.0. The van der Waals surface area contributed by atoms with Gasteiger partial charge in [0.2, 0.25) is 0 Å². The van der Waals surface area contributed by atoms with Gasteiger partial charge >= 0.3 is 0 Å². The number of rotatable bonds is 4. The molecule has 94 valence electrons. The Hall–Kier alpha value is -2.00. The first-order chi connectivity index (χ1) is 8.70. The summed E-state index contributed by atoms with van der Waals surface area (Å²) in [6, 6.07) is 15.2. The van der Waals surface area contributed by atoms with E-state index in [2.05, 4.69) is 0 Å². The molecule has 2 aromatic carbocycles. The summed E-state index contributed by atoms with van der Waals surface area (Å²) >= 11 is 0. The van der Waals surface area contributed by atoms with E-state index >= 15 is 0 Å². The average Bonchev–Trinajstić information content (AvgIpc) is 2.42. The van der Waals surface area contributed by atoms with Gasteiger partial charge < -0.3 is 15.6 Å². The topological polar surface area (TPSA) is 55.5 Å². The predicted molar refractivity (Wildman–Crippen MR) is 71.7 cm³/mol. The highest BCUT2D eigenvalue weighted by Gasteiger charge is 2.09. The van der Waals surface area contributed by atoms with E-state index in [-0.39, 0.29) is 11.8 Å². The summed E-state index contributed by atoms with van der Waals surface area (Å²) in [6.45, 7) is 0. The summed E-state index contributed by atoms with van der Waals surface area (Å²) in [5.41, 5.74) is 8.30. The monoisotopic (exact) mass is 243 g/mol. The third kappa shape index (κ3) is 2.81. The summed E-state index contributed by atoms with van der Waals surface area (Å²) in [5, 5.41) is 9.53. The van der Waals surface area contributed by atoms with E-state index in [0.717, 1.165) is 11.1 Å². The first-order valence-corrected chi connectivity index (χ1v) is 5.87. The van der Waals surface area contributed by atoms with Crippen LogP contribution >= 0.6 is 0 Å². The molecule has 0 aliphatic heterocycles. The van der Waals surface area contributed by atoms with Crippen molar-refractivity contribution < 1.29 is 9.84 Å². The van der Waals surface area contributed by atoms with Crippen LogP contribution in [0.15, 0.2) is 48.5 Å². The molecule has 2 rings (SSSR count). The number of phenolic OH excluding ortho intramolecular Hbond substituents is 1. The van der Waals surface area contributed by atoms with Gasteiger partial charge in [-0.3, -0.25) is 0 Å². The minimum atomic E-state index is -0.0551. The molecule has 3 heteroatoms. The molecule has 3 N–H and O–H groups in total. The van der Waals surface area contributed by atoms with E-state index in [1.54, 1.807) is 6.07 Å². The van der Waals surface area contributed by atoms with Crippen LogP contribution in [0.4, 0.5) is 0 Å². The van der Waals surface area contributed by atoms with E-state index in [9.17, 15) is 5.11 Å². The van der Waals surface area contributed by atoms with Gasteiger partial charge in [0.05, 0.1) is 7.11 Å². The van der Waals surface area contributed by atoms with E-state index in [4.69, 9.17) is 10.5 Å². The molecule has 0 aliphatic carbocycles. The van der Waals surface area contributed by atoms with E-state index in [1.165, 1.54) is 7.11 Å². The van der Waals surface area contributed by atoms with Gasteiger partial charge in [0, 0.05) is 6.04 Å². The van der Waals surface area contributed by atoms with Crippen LogP contribution in [-0.2, 0) is 6.42 Å². The number of ether oxygens (including phenoxy) is 1. The molecule has 0 heterocycles. The highest BCUT2D eigenvalue weighted by atomic mass is 16.5. The zero-order valence-corrected chi connectivity index (χ0v) is 10.3. The van der Waals surface area contributed by atoms with Crippen molar-refractivity contribution in [1.82, 2.24) is 0 Å². The van der Waals surface area contributed by atoms with E-state index < -0.39 is 0 Å². The van der Waals surface area contributed by atoms with Crippen LogP contribution in [0.1, 0.15) is 17.2 Å². The van der Waals surface area contributed by atoms with Crippen LogP contribution in [0.2, 0.25) is 0 Å². The Labute approximate surface area is 107 Å². The molecular weight excluding hydrogens is 226 g/mol. The van der Waals surface area contributed by atoms with Crippen molar-refractivity contribution in [2.75, 3.05) is 7.11 Å². The van der Waals surface area contributed by atoms with E-state index in [0.29, 0.717) is 12.2 Å². The molecule has 0 aliphatic rings. The molecule has 18 heavy (non-hydrogen) atoms. The quantitative estimate of drug-likeness (QED) is 0.868. The Kier molecular flexibility index (Phi) is 3.85. The number of benzene rings is 2. The van der Waals surface area contributed by atoms with Crippen molar-refractivity contribution in [2.24, 2.45) is 5.73 Å². The van der Waals surface area contributed by atoms with Crippen molar-refractivity contribution >= 4 is 0 Å². The third-order valence-corrected chi connectivity index (χ3v) is 2.93. The molecule has 0 spiro atoms. The lowest BCUT2D eigenvalue weighted by Gasteiger charge is -2.13. The highest BCUT2D eigenvalue weighted by molar-refractivity contribution is 5.42. The van der Waals surface area contributed by atoms with Crippen molar-refractivity contribution in [3.8, 4) is 11.5 Å². The SMILES string of the molecule is COc1cc(CC(N)c2ccccc2)ccc1O. The molecule has 0 fully saturated rings. The van der Waals surface area contributed by atoms with Gasteiger partial charge in [-0.25, -0.2) is 0 Å². The molecular formula is C15H17NO2. The lowest BCUT2D eigenvalue weighted by Crippen LogP contribution is -2.13. The van der Waals surface area contributed by atoms with Gasteiger partial charge in [0.15, 0.2) is 11.5 Å². The minimum Gasteiger partial charge on any atom is -0.504 e. The second kappa shape index (κ2) is 5.56. The van der Waals surface area contributed by atoms with Gasteiger partial charge in [-0.2, -0.15) is 0 Å². The Balaban J connectivity index is 2.14. The molecule has 0 bridgehead atoms. The van der Waals surface area contributed by atoms with Crippen LogP contribution < -0.4 is 10.5 Å². The number of methoxy groups -OCH3 is 1. The molecule has 0 aromatic heterocycles. The fourth-order valence-electron chi connectivity index (χ4n) is 1.92. The molecule has 0 saturated heterocycles. The lowest BCUT2D eigenvalue weighted by atomic mass is 9.99. The van der Waals surface area contributed by atoms with Crippen LogP contribution in [0.5, 0.6) is 11.5 Å². The molecule has 0 amide bonds. The maximum absolute atomic E-state index is 9.53. The molecule has 1 unspecified atom stereocenters. The van der Waals surface area contributed by atoms with Gasteiger partial charge in [0.1, 0.15) is 0 Å². The molecule has 3 nitrogen and oxygen atoms in total. The van der Waals surface area contributed by atoms with Gasteiger partial charge in [0.25, 0.3) is 0 Å². The number of hydrogen-bond donors (Lipinski definition) is 2. The standard InChI is InChI=1S/C15H17NO2/c1-18-15-10-11(7-8-14(15)17)9-13(16)12-5-3-2-4-6-12/h2-8,10,13,17H,9,16H2,1H3. The van der Waals surface area contributed by atoms with E-state index in [1.807, 2.05) is 42.5 Å². The first-order valence-electron chi connectivity index (χ1n) is 5.87. The normalized spacial score (nSPS) is 12.1. The van der Waals surface area contributed by atoms with Crippen molar-refractivity contribution in [3.05, 3.63) is 59.7 Å². The Morgan fingerprint density at radius 1 is 1.17 bits per heavy atom. The number of aromatic hydroxyl groups is 1. The summed E-state index contributed by atoms with van der Waals surface area (Å²) < 4.78 is 5.08. The molecule has 2 aromatic rings. The molecule has 0 saturated carbocycles. The number of hydrogen-bond acceptors (Lipinski definition) is 3. The van der Waals surface area contributed by atoms with Crippen molar-refractivity contribution in [3.63, 3.8) is 0 Å². The van der Waals surface area contributed by atoms with Gasteiger partial charge in [-0.1, -0.05) is 36.4 Å². The predicted octanol–water partition coefficient (Wildman–Crippen LogP) is 2.64. The lowest BCUT2D eigenvalue weighted by molar-refractivity contribution is 0.373. The summed E-state index contributed by atoms with van der Waals surface area (Å²) in [6.07, 6.45) is 0.709. The van der Waals surface area contributed by atoms with Gasteiger partial charge in [-0.05, 0) is 29.7 Å². The first kappa shape index (κ1) is 12.5. The summed E-state index contributed by atoms with van der Waals surface area (Å²) in [5.74, 6) is 0.627. The van der Waals surface area contributed by atoms with Crippen LogP contribution in [0.3, 0.4) is 0 Å². The van der Waals surface area contributed by atoms with Gasteiger partial charge in [-0.15, -0.1) is 0 Å².